The minimum absolute atomic E-state index is 0.464. The molecule has 1 saturated carbocycles. The first-order valence-corrected chi connectivity index (χ1v) is 6.03. The first kappa shape index (κ1) is 10.1. The monoisotopic (exact) mass is 210 g/mol. The molecule has 0 aliphatic heterocycles. The topological polar surface area (TPSA) is 29.3 Å². The van der Waals surface area contributed by atoms with Gasteiger partial charge in [0.05, 0.1) is 0 Å². The quantitative estimate of drug-likeness (QED) is 0.804. The number of thiophene rings is 1. The molecule has 0 bridgehead atoms. The standard InChI is InChI=1S/C11H18N2S/c1-13(7-10-3-2-6-14-10)9-11(8-12)4-5-11/h2-3,6H,4-5,7-9,12H2,1H3. The van der Waals surface area contributed by atoms with E-state index >= 15 is 0 Å². The molecular weight excluding hydrogens is 192 g/mol. The van der Waals surface area contributed by atoms with E-state index in [4.69, 9.17) is 5.73 Å². The molecule has 78 valence electrons. The Bertz CT molecular complexity index is 277. The highest BCUT2D eigenvalue weighted by Gasteiger charge is 2.41. The lowest BCUT2D eigenvalue weighted by Crippen LogP contribution is -2.30. The fourth-order valence-electron chi connectivity index (χ4n) is 1.90. The Morgan fingerprint density at radius 2 is 2.36 bits per heavy atom. The molecule has 1 aliphatic rings. The van der Waals surface area contributed by atoms with Crippen molar-refractivity contribution >= 4 is 11.3 Å². The summed E-state index contributed by atoms with van der Waals surface area (Å²) >= 11 is 1.83. The van der Waals surface area contributed by atoms with Gasteiger partial charge in [-0.05, 0) is 43.3 Å². The van der Waals surface area contributed by atoms with Gasteiger partial charge in [-0.15, -0.1) is 11.3 Å². The normalized spacial score (nSPS) is 18.8. The van der Waals surface area contributed by atoms with Crippen LogP contribution in [0.25, 0.3) is 0 Å². The Labute approximate surface area is 89.7 Å². The van der Waals surface area contributed by atoms with Crippen LogP contribution in [-0.4, -0.2) is 25.0 Å². The Hall–Kier alpha value is -0.380. The molecule has 14 heavy (non-hydrogen) atoms. The van der Waals surface area contributed by atoms with Crippen LogP contribution in [0.5, 0.6) is 0 Å². The number of hydrogen-bond donors (Lipinski definition) is 1. The average Bonchev–Trinajstić information content (AvgIpc) is 2.74. The number of nitrogens with two attached hydrogens (primary N) is 1. The van der Waals surface area contributed by atoms with Crippen molar-refractivity contribution in [3.05, 3.63) is 22.4 Å². The van der Waals surface area contributed by atoms with Gasteiger partial charge >= 0.3 is 0 Å². The predicted molar refractivity (Wildman–Crippen MR) is 61.4 cm³/mol. The molecule has 0 saturated heterocycles. The first-order valence-electron chi connectivity index (χ1n) is 5.15. The second kappa shape index (κ2) is 4.01. The second-order valence-corrected chi connectivity index (χ2v) is 5.49. The van der Waals surface area contributed by atoms with Gasteiger partial charge in [0.1, 0.15) is 0 Å². The summed E-state index contributed by atoms with van der Waals surface area (Å²) in [7, 11) is 2.19. The number of rotatable bonds is 5. The molecule has 3 heteroatoms. The summed E-state index contributed by atoms with van der Waals surface area (Å²) in [5.41, 5.74) is 6.23. The summed E-state index contributed by atoms with van der Waals surface area (Å²) < 4.78 is 0. The van der Waals surface area contributed by atoms with Crippen molar-refractivity contribution < 1.29 is 0 Å². The van der Waals surface area contributed by atoms with E-state index in [9.17, 15) is 0 Å². The van der Waals surface area contributed by atoms with E-state index in [0.29, 0.717) is 5.41 Å². The SMILES string of the molecule is CN(Cc1cccs1)CC1(CN)CC1. The fraction of sp³-hybridized carbons (Fsp3) is 0.636. The Kier molecular flexibility index (Phi) is 2.91. The van der Waals surface area contributed by atoms with Crippen molar-refractivity contribution in [3.63, 3.8) is 0 Å². The Balaban J connectivity index is 1.82. The molecule has 1 aromatic heterocycles. The van der Waals surface area contributed by atoms with Crippen LogP contribution in [0.2, 0.25) is 0 Å². The summed E-state index contributed by atoms with van der Waals surface area (Å²) in [4.78, 5) is 3.84. The Morgan fingerprint density at radius 3 is 2.86 bits per heavy atom. The maximum Gasteiger partial charge on any atom is 0.0325 e. The molecule has 2 N–H and O–H groups in total. The van der Waals surface area contributed by atoms with Gasteiger partial charge in [-0.2, -0.15) is 0 Å². The van der Waals surface area contributed by atoms with E-state index in [1.165, 1.54) is 17.7 Å². The van der Waals surface area contributed by atoms with Crippen LogP contribution in [0.3, 0.4) is 0 Å². The van der Waals surface area contributed by atoms with Crippen LogP contribution in [-0.2, 0) is 6.54 Å². The van der Waals surface area contributed by atoms with Crippen molar-refractivity contribution in [2.45, 2.75) is 19.4 Å². The summed E-state index contributed by atoms with van der Waals surface area (Å²) in [6, 6.07) is 4.31. The summed E-state index contributed by atoms with van der Waals surface area (Å²) in [5, 5.41) is 2.14. The highest BCUT2D eigenvalue weighted by atomic mass is 32.1. The summed E-state index contributed by atoms with van der Waals surface area (Å²) in [6.45, 7) is 3.07. The van der Waals surface area contributed by atoms with E-state index in [1.807, 2.05) is 11.3 Å². The third kappa shape index (κ3) is 2.35. The minimum Gasteiger partial charge on any atom is -0.330 e. The summed E-state index contributed by atoms with van der Waals surface area (Å²) in [6.07, 6.45) is 2.64. The third-order valence-electron chi connectivity index (χ3n) is 3.00. The second-order valence-electron chi connectivity index (χ2n) is 4.46. The van der Waals surface area contributed by atoms with Crippen molar-refractivity contribution in [1.29, 1.82) is 0 Å². The van der Waals surface area contributed by atoms with Crippen LogP contribution in [0.1, 0.15) is 17.7 Å². The molecule has 0 atom stereocenters. The molecule has 1 aromatic rings. The lowest BCUT2D eigenvalue weighted by Gasteiger charge is -2.21. The van der Waals surface area contributed by atoms with Crippen molar-refractivity contribution in [3.8, 4) is 0 Å². The number of nitrogens with zero attached hydrogens (tertiary/aromatic N) is 1. The number of hydrogen-bond acceptors (Lipinski definition) is 3. The fourth-order valence-corrected chi connectivity index (χ4v) is 2.68. The van der Waals surface area contributed by atoms with Crippen molar-refractivity contribution in [2.24, 2.45) is 11.1 Å². The van der Waals surface area contributed by atoms with E-state index in [-0.39, 0.29) is 0 Å². The predicted octanol–water partition coefficient (Wildman–Crippen LogP) is 1.92. The largest absolute Gasteiger partial charge is 0.330 e. The molecule has 2 nitrogen and oxygen atoms in total. The molecule has 0 spiro atoms. The maximum atomic E-state index is 5.77. The van der Waals surface area contributed by atoms with Gasteiger partial charge in [-0.1, -0.05) is 6.07 Å². The molecule has 1 aliphatic carbocycles. The smallest absolute Gasteiger partial charge is 0.0325 e. The lowest BCUT2D eigenvalue weighted by atomic mass is 10.1. The van der Waals surface area contributed by atoms with Gasteiger partial charge < -0.3 is 10.6 Å². The van der Waals surface area contributed by atoms with Crippen LogP contribution >= 0.6 is 11.3 Å². The van der Waals surface area contributed by atoms with Crippen LogP contribution in [0.15, 0.2) is 17.5 Å². The van der Waals surface area contributed by atoms with Crippen molar-refractivity contribution in [1.82, 2.24) is 4.90 Å². The molecule has 0 unspecified atom stereocenters. The van der Waals surface area contributed by atoms with Gasteiger partial charge in [0.25, 0.3) is 0 Å². The van der Waals surface area contributed by atoms with Gasteiger partial charge in [-0.3, -0.25) is 0 Å². The molecule has 1 heterocycles. The average molecular weight is 210 g/mol. The van der Waals surface area contributed by atoms with E-state index in [1.54, 1.807) is 0 Å². The van der Waals surface area contributed by atoms with Gasteiger partial charge in [0, 0.05) is 18.0 Å². The minimum atomic E-state index is 0.464. The zero-order valence-corrected chi connectivity index (χ0v) is 9.52. The van der Waals surface area contributed by atoms with Crippen LogP contribution in [0, 0.1) is 5.41 Å². The van der Waals surface area contributed by atoms with Gasteiger partial charge in [0.2, 0.25) is 0 Å². The van der Waals surface area contributed by atoms with Crippen LogP contribution in [0.4, 0.5) is 0 Å². The molecule has 0 radical (unpaired) electrons. The van der Waals surface area contributed by atoms with Gasteiger partial charge in [-0.25, -0.2) is 0 Å². The molecular formula is C11H18N2S. The Morgan fingerprint density at radius 1 is 1.57 bits per heavy atom. The first-order chi connectivity index (χ1) is 6.74. The highest BCUT2D eigenvalue weighted by molar-refractivity contribution is 7.09. The van der Waals surface area contributed by atoms with Crippen LogP contribution < -0.4 is 5.73 Å². The summed E-state index contributed by atoms with van der Waals surface area (Å²) in [5.74, 6) is 0. The lowest BCUT2D eigenvalue weighted by molar-refractivity contribution is 0.261. The zero-order valence-electron chi connectivity index (χ0n) is 8.70. The van der Waals surface area contributed by atoms with E-state index < -0.39 is 0 Å². The van der Waals surface area contributed by atoms with Crippen molar-refractivity contribution in [2.75, 3.05) is 20.1 Å². The molecule has 0 aromatic carbocycles. The zero-order chi connectivity index (χ0) is 10.0. The van der Waals surface area contributed by atoms with E-state index in [0.717, 1.165) is 19.6 Å². The maximum absolute atomic E-state index is 5.77. The third-order valence-corrected chi connectivity index (χ3v) is 3.86. The van der Waals surface area contributed by atoms with E-state index in [2.05, 4.69) is 29.5 Å². The molecule has 0 amide bonds. The molecule has 1 fully saturated rings. The molecule has 2 rings (SSSR count). The van der Waals surface area contributed by atoms with Gasteiger partial charge in [0.15, 0.2) is 0 Å². The highest BCUT2D eigenvalue weighted by Crippen LogP contribution is 2.45.